The largest absolute Gasteiger partial charge is 0.327 e. The molecule has 0 atom stereocenters. The van der Waals surface area contributed by atoms with Crippen molar-refractivity contribution >= 4 is 0 Å². The molecule has 1 aromatic rings. The Morgan fingerprint density at radius 3 is 2.14 bits per heavy atom. The van der Waals surface area contributed by atoms with E-state index < -0.39 is 0 Å². The zero-order chi connectivity index (χ0) is 10.7. The van der Waals surface area contributed by atoms with Gasteiger partial charge in [0.1, 0.15) is 0 Å². The summed E-state index contributed by atoms with van der Waals surface area (Å²) in [5.41, 5.74) is 12.0. The van der Waals surface area contributed by atoms with Gasteiger partial charge in [-0.25, -0.2) is 0 Å². The molecule has 2 N–H and O–H groups in total. The molecule has 0 spiro atoms. The minimum atomic E-state index is 0.576. The molecule has 76 valence electrons. The standard InChI is InChI=1S/C13H19N/c1-9-5-11(3)13(12(4)6-9)7-10(2)8-14/h5-6H,2,7-8,14H2,1,3-4H3. The Morgan fingerprint density at radius 1 is 1.21 bits per heavy atom. The van der Waals surface area contributed by atoms with Crippen LogP contribution in [0.15, 0.2) is 24.3 Å². The molecule has 1 heteroatoms. The van der Waals surface area contributed by atoms with E-state index in [9.17, 15) is 0 Å². The van der Waals surface area contributed by atoms with Crippen LogP contribution >= 0.6 is 0 Å². The molecule has 0 amide bonds. The smallest absolute Gasteiger partial charge is 0.0137 e. The Labute approximate surface area is 86.6 Å². The van der Waals surface area contributed by atoms with Crippen molar-refractivity contribution in [1.29, 1.82) is 0 Å². The van der Waals surface area contributed by atoms with Gasteiger partial charge in [0.2, 0.25) is 0 Å². The maximum absolute atomic E-state index is 5.55. The van der Waals surface area contributed by atoms with Gasteiger partial charge in [-0.15, -0.1) is 0 Å². The summed E-state index contributed by atoms with van der Waals surface area (Å²) >= 11 is 0. The molecule has 0 bridgehead atoms. The molecule has 0 aliphatic carbocycles. The summed E-state index contributed by atoms with van der Waals surface area (Å²) in [4.78, 5) is 0. The topological polar surface area (TPSA) is 26.0 Å². The first kappa shape index (κ1) is 11.0. The second-order valence-corrected chi connectivity index (χ2v) is 4.01. The van der Waals surface area contributed by atoms with Gasteiger partial charge in [-0.05, 0) is 43.9 Å². The van der Waals surface area contributed by atoms with Crippen molar-refractivity contribution in [1.82, 2.24) is 0 Å². The van der Waals surface area contributed by atoms with Crippen LogP contribution in [0.3, 0.4) is 0 Å². The van der Waals surface area contributed by atoms with E-state index in [1.54, 1.807) is 0 Å². The minimum absolute atomic E-state index is 0.576. The lowest BCUT2D eigenvalue weighted by Crippen LogP contribution is -2.06. The van der Waals surface area contributed by atoms with Gasteiger partial charge in [0.15, 0.2) is 0 Å². The Balaban J connectivity index is 3.02. The molecule has 1 aromatic carbocycles. The Hall–Kier alpha value is -1.08. The summed E-state index contributed by atoms with van der Waals surface area (Å²) in [7, 11) is 0. The van der Waals surface area contributed by atoms with Crippen LogP contribution in [0.5, 0.6) is 0 Å². The maximum atomic E-state index is 5.55. The second kappa shape index (κ2) is 4.43. The fourth-order valence-corrected chi connectivity index (χ4v) is 1.81. The molecular formula is C13H19N. The first-order chi connectivity index (χ1) is 6.54. The van der Waals surface area contributed by atoms with Gasteiger partial charge in [-0.2, -0.15) is 0 Å². The van der Waals surface area contributed by atoms with E-state index in [1.807, 2.05) is 0 Å². The highest BCUT2D eigenvalue weighted by Gasteiger charge is 2.04. The fourth-order valence-electron chi connectivity index (χ4n) is 1.81. The van der Waals surface area contributed by atoms with Gasteiger partial charge in [0, 0.05) is 6.54 Å². The molecule has 0 radical (unpaired) electrons. The first-order valence-electron chi connectivity index (χ1n) is 4.98. The van der Waals surface area contributed by atoms with Crippen LogP contribution in [0.25, 0.3) is 0 Å². The van der Waals surface area contributed by atoms with E-state index in [0.29, 0.717) is 6.54 Å². The molecule has 0 saturated carbocycles. The molecule has 0 aromatic heterocycles. The van der Waals surface area contributed by atoms with Crippen molar-refractivity contribution in [3.05, 3.63) is 46.5 Å². The van der Waals surface area contributed by atoms with Gasteiger partial charge >= 0.3 is 0 Å². The van der Waals surface area contributed by atoms with Crippen molar-refractivity contribution in [3.63, 3.8) is 0 Å². The summed E-state index contributed by atoms with van der Waals surface area (Å²) in [6.45, 7) is 11.0. The zero-order valence-corrected chi connectivity index (χ0v) is 9.35. The molecule has 1 nitrogen and oxygen atoms in total. The Kier molecular flexibility index (Phi) is 3.48. The highest BCUT2D eigenvalue weighted by atomic mass is 14.5. The van der Waals surface area contributed by atoms with Crippen LogP contribution in [0, 0.1) is 20.8 Å². The van der Waals surface area contributed by atoms with Crippen molar-refractivity contribution in [3.8, 4) is 0 Å². The number of rotatable bonds is 3. The third kappa shape index (κ3) is 2.46. The van der Waals surface area contributed by atoms with Gasteiger partial charge in [-0.1, -0.05) is 29.8 Å². The van der Waals surface area contributed by atoms with Crippen LogP contribution in [0.1, 0.15) is 22.3 Å². The quantitative estimate of drug-likeness (QED) is 0.727. The average molecular weight is 189 g/mol. The zero-order valence-electron chi connectivity index (χ0n) is 9.35. The summed E-state index contributed by atoms with van der Waals surface area (Å²) in [6.07, 6.45) is 0.911. The summed E-state index contributed by atoms with van der Waals surface area (Å²) < 4.78 is 0. The Bertz CT molecular complexity index is 327. The van der Waals surface area contributed by atoms with Crippen molar-refractivity contribution in [2.45, 2.75) is 27.2 Å². The molecular weight excluding hydrogens is 170 g/mol. The summed E-state index contributed by atoms with van der Waals surface area (Å²) in [5, 5.41) is 0. The van der Waals surface area contributed by atoms with Crippen LogP contribution in [-0.2, 0) is 6.42 Å². The van der Waals surface area contributed by atoms with Crippen LogP contribution < -0.4 is 5.73 Å². The number of aryl methyl sites for hydroxylation is 3. The van der Waals surface area contributed by atoms with Crippen molar-refractivity contribution in [2.75, 3.05) is 6.54 Å². The van der Waals surface area contributed by atoms with E-state index in [4.69, 9.17) is 5.73 Å². The number of hydrogen-bond donors (Lipinski definition) is 1. The fraction of sp³-hybridized carbons (Fsp3) is 0.385. The monoisotopic (exact) mass is 189 g/mol. The lowest BCUT2D eigenvalue weighted by Gasteiger charge is -2.11. The first-order valence-corrected chi connectivity index (χ1v) is 4.98. The Morgan fingerprint density at radius 2 is 1.71 bits per heavy atom. The van der Waals surface area contributed by atoms with Gasteiger partial charge in [-0.3, -0.25) is 0 Å². The molecule has 0 unspecified atom stereocenters. The van der Waals surface area contributed by atoms with E-state index >= 15 is 0 Å². The van der Waals surface area contributed by atoms with Crippen molar-refractivity contribution < 1.29 is 0 Å². The SMILES string of the molecule is C=C(CN)Cc1c(C)cc(C)cc1C. The van der Waals surface area contributed by atoms with Crippen molar-refractivity contribution in [2.24, 2.45) is 5.73 Å². The maximum Gasteiger partial charge on any atom is 0.0137 e. The predicted molar refractivity (Wildman–Crippen MR) is 62.6 cm³/mol. The molecule has 0 heterocycles. The van der Waals surface area contributed by atoms with E-state index in [1.165, 1.54) is 22.3 Å². The molecule has 0 aliphatic heterocycles. The molecule has 0 fully saturated rings. The highest BCUT2D eigenvalue weighted by molar-refractivity contribution is 5.39. The number of hydrogen-bond acceptors (Lipinski definition) is 1. The van der Waals surface area contributed by atoms with E-state index in [-0.39, 0.29) is 0 Å². The highest BCUT2D eigenvalue weighted by Crippen LogP contribution is 2.18. The predicted octanol–water partition coefficient (Wildman–Crippen LogP) is 2.67. The number of nitrogens with two attached hydrogens (primary N) is 1. The van der Waals surface area contributed by atoms with Crippen LogP contribution in [0.2, 0.25) is 0 Å². The van der Waals surface area contributed by atoms with Gasteiger partial charge in [0.05, 0.1) is 0 Å². The van der Waals surface area contributed by atoms with E-state index in [2.05, 4.69) is 39.5 Å². The van der Waals surface area contributed by atoms with Gasteiger partial charge < -0.3 is 5.73 Å². The lowest BCUT2D eigenvalue weighted by molar-refractivity contribution is 1.02. The lowest BCUT2D eigenvalue weighted by atomic mass is 9.95. The normalized spacial score (nSPS) is 10.3. The molecule has 0 aliphatic rings. The molecule has 14 heavy (non-hydrogen) atoms. The average Bonchev–Trinajstić information content (AvgIpc) is 2.10. The van der Waals surface area contributed by atoms with E-state index in [0.717, 1.165) is 12.0 Å². The number of benzene rings is 1. The van der Waals surface area contributed by atoms with Gasteiger partial charge in [0.25, 0.3) is 0 Å². The third-order valence-electron chi connectivity index (χ3n) is 2.56. The summed E-state index contributed by atoms with van der Waals surface area (Å²) in [6, 6.07) is 4.43. The van der Waals surface area contributed by atoms with Crippen LogP contribution in [0.4, 0.5) is 0 Å². The van der Waals surface area contributed by atoms with Crippen LogP contribution in [-0.4, -0.2) is 6.54 Å². The molecule has 1 rings (SSSR count). The third-order valence-corrected chi connectivity index (χ3v) is 2.56. The summed E-state index contributed by atoms with van der Waals surface area (Å²) in [5.74, 6) is 0. The molecule has 0 saturated heterocycles. The minimum Gasteiger partial charge on any atom is -0.327 e. The second-order valence-electron chi connectivity index (χ2n) is 4.01.